The predicted molar refractivity (Wildman–Crippen MR) is 88.5 cm³/mol. The van der Waals surface area contributed by atoms with Gasteiger partial charge in [0.15, 0.2) is 0 Å². The van der Waals surface area contributed by atoms with Gasteiger partial charge < -0.3 is 9.64 Å². The molecule has 0 aliphatic carbocycles. The highest BCUT2D eigenvalue weighted by atomic mass is 16.6. The first-order valence-electron chi connectivity index (χ1n) is 8.91. The van der Waals surface area contributed by atoms with Crippen molar-refractivity contribution in [2.24, 2.45) is 0 Å². The largest absolute Gasteiger partial charge is 0.460 e. The van der Waals surface area contributed by atoms with E-state index in [4.69, 9.17) is 4.74 Å². The van der Waals surface area contributed by atoms with Crippen LogP contribution in [0.3, 0.4) is 0 Å². The van der Waals surface area contributed by atoms with Crippen molar-refractivity contribution >= 4 is 5.97 Å². The molecule has 0 atom stereocenters. The number of carbonyl (C=O) groups excluding carboxylic acids is 1. The summed E-state index contributed by atoms with van der Waals surface area (Å²) in [5, 5.41) is 0. The number of nitrogens with zero attached hydrogens (tertiary/aromatic N) is 1. The van der Waals surface area contributed by atoms with Crippen LogP contribution in [0.15, 0.2) is 0 Å². The molecule has 124 valence electrons. The molecule has 1 aliphatic rings. The van der Waals surface area contributed by atoms with E-state index in [1.54, 1.807) is 0 Å². The van der Waals surface area contributed by atoms with E-state index in [0.717, 1.165) is 12.8 Å². The molecule has 1 saturated heterocycles. The molecule has 0 N–H and O–H groups in total. The maximum atomic E-state index is 11.5. The van der Waals surface area contributed by atoms with Crippen LogP contribution in [0.1, 0.15) is 85.0 Å². The minimum absolute atomic E-state index is 0.0480. The molecule has 0 aromatic rings. The fourth-order valence-electron chi connectivity index (χ4n) is 2.89. The zero-order chi connectivity index (χ0) is 15.6. The van der Waals surface area contributed by atoms with Crippen molar-refractivity contribution in [1.29, 1.82) is 0 Å². The first-order valence-corrected chi connectivity index (χ1v) is 8.91. The highest BCUT2D eigenvalue weighted by Crippen LogP contribution is 2.13. The van der Waals surface area contributed by atoms with Crippen LogP contribution in [0, 0.1) is 0 Å². The van der Waals surface area contributed by atoms with E-state index >= 15 is 0 Å². The van der Waals surface area contributed by atoms with Gasteiger partial charge in [0.2, 0.25) is 0 Å². The molecule has 0 amide bonds. The zero-order valence-electron chi connectivity index (χ0n) is 14.5. The summed E-state index contributed by atoms with van der Waals surface area (Å²) < 4.78 is 5.30. The smallest absolute Gasteiger partial charge is 0.306 e. The minimum atomic E-state index is -0.341. The van der Waals surface area contributed by atoms with Gasteiger partial charge in [-0.25, -0.2) is 0 Å². The zero-order valence-corrected chi connectivity index (χ0v) is 14.5. The van der Waals surface area contributed by atoms with Crippen LogP contribution in [-0.4, -0.2) is 36.1 Å². The average molecular weight is 297 g/mol. The van der Waals surface area contributed by atoms with Gasteiger partial charge in [-0.3, -0.25) is 4.79 Å². The third-order valence-corrected chi connectivity index (χ3v) is 3.97. The molecule has 0 saturated carbocycles. The van der Waals surface area contributed by atoms with Gasteiger partial charge in [-0.2, -0.15) is 0 Å². The van der Waals surface area contributed by atoms with Gasteiger partial charge >= 0.3 is 5.97 Å². The number of carbonyl (C=O) groups is 1. The number of likely N-dealkylation sites (tertiary alicyclic amines) is 1. The SMILES string of the molecule is CC(C)(C)OC(=O)CCCCCCCCCN1CCCC1. The molecule has 1 fully saturated rings. The molecule has 21 heavy (non-hydrogen) atoms. The Bertz CT molecular complexity index is 277. The van der Waals surface area contributed by atoms with E-state index in [1.165, 1.54) is 64.6 Å². The number of ether oxygens (including phenoxy) is 1. The van der Waals surface area contributed by atoms with Crippen molar-refractivity contribution in [1.82, 2.24) is 4.90 Å². The molecule has 0 aromatic heterocycles. The topological polar surface area (TPSA) is 29.5 Å². The van der Waals surface area contributed by atoms with Gasteiger partial charge in [-0.1, -0.05) is 32.1 Å². The minimum Gasteiger partial charge on any atom is -0.460 e. The van der Waals surface area contributed by atoms with Crippen molar-refractivity contribution in [3.63, 3.8) is 0 Å². The Morgan fingerprint density at radius 3 is 2.00 bits per heavy atom. The first-order chi connectivity index (χ1) is 9.97. The van der Waals surface area contributed by atoms with E-state index < -0.39 is 0 Å². The van der Waals surface area contributed by atoms with Crippen molar-refractivity contribution < 1.29 is 9.53 Å². The first kappa shape index (κ1) is 18.5. The maximum Gasteiger partial charge on any atom is 0.306 e. The number of hydrogen-bond acceptors (Lipinski definition) is 3. The van der Waals surface area contributed by atoms with Crippen LogP contribution in [-0.2, 0) is 9.53 Å². The van der Waals surface area contributed by atoms with E-state index in [2.05, 4.69) is 4.90 Å². The highest BCUT2D eigenvalue weighted by Gasteiger charge is 2.15. The summed E-state index contributed by atoms with van der Waals surface area (Å²) in [7, 11) is 0. The van der Waals surface area contributed by atoms with Gasteiger partial charge in [0.25, 0.3) is 0 Å². The monoisotopic (exact) mass is 297 g/mol. The summed E-state index contributed by atoms with van der Waals surface area (Å²) in [6.45, 7) is 9.72. The standard InChI is InChI=1S/C18H35NO2/c1-18(2,3)21-17(20)13-9-7-5-4-6-8-10-14-19-15-11-12-16-19/h4-16H2,1-3H3. The van der Waals surface area contributed by atoms with Crippen LogP contribution < -0.4 is 0 Å². The second kappa shape index (κ2) is 10.2. The van der Waals surface area contributed by atoms with Crippen LogP contribution in [0.25, 0.3) is 0 Å². The van der Waals surface area contributed by atoms with Crippen LogP contribution in [0.5, 0.6) is 0 Å². The quantitative estimate of drug-likeness (QED) is 0.438. The van der Waals surface area contributed by atoms with Crippen LogP contribution >= 0.6 is 0 Å². The molecule has 0 unspecified atom stereocenters. The van der Waals surface area contributed by atoms with Gasteiger partial charge in [0, 0.05) is 6.42 Å². The molecule has 0 aromatic carbocycles. The number of unbranched alkanes of at least 4 members (excludes halogenated alkanes) is 6. The lowest BCUT2D eigenvalue weighted by molar-refractivity contribution is -0.154. The van der Waals surface area contributed by atoms with E-state index in [-0.39, 0.29) is 11.6 Å². The normalized spacial score (nSPS) is 16.3. The molecule has 3 nitrogen and oxygen atoms in total. The summed E-state index contributed by atoms with van der Waals surface area (Å²) in [6.07, 6.45) is 12.1. The Kier molecular flexibility index (Phi) is 8.98. The predicted octanol–water partition coefficient (Wildman–Crippen LogP) is 4.54. The number of hydrogen-bond donors (Lipinski definition) is 0. The second-order valence-corrected chi connectivity index (χ2v) is 7.36. The molecule has 1 heterocycles. The van der Waals surface area contributed by atoms with Gasteiger partial charge in [0.05, 0.1) is 0 Å². The number of rotatable bonds is 10. The second-order valence-electron chi connectivity index (χ2n) is 7.36. The van der Waals surface area contributed by atoms with Crippen LogP contribution in [0.4, 0.5) is 0 Å². The van der Waals surface area contributed by atoms with Gasteiger partial charge in [-0.15, -0.1) is 0 Å². The lowest BCUT2D eigenvalue weighted by Gasteiger charge is -2.19. The van der Waals surface area contributed by atoms with Gasteiger partial charge in [0.1, 0.15) is 5.60 Å². The van der Waals surface area contributed by atoms with Crippen molar-refractivity contribution in [3.8, 4) is 0 Å². The molecular formula is C18H35NO2. The molecule has 3 heteroatoms. The summed E-state index contributed by atoms with van der Waals surface area (Å²) in [5.41, 5.74) is -0.341. The fourth-order valence-corrected chi connectivity index (χ4v) is 2.89. The molecule has 0 spiro atoms. The number of esters is 1. The summed E-state index contributed by atoms with van der Waals surface area (Å²) in [4.78, 5) is 14.1. The van der Waals surface area contributed by atoms with Crippen LogP contribution in [0.2, 0.25) is 0 Å². The Hall–Kier alpha value is -0.570. The van der Waals surface area contributed by atoms with E-state index in [1.807, 2.05) is 20.8 Å². The van der Waals surface area contributed by atoms with E-state index in [0.29, 0.717) is 6.42 Å². The Morgan fingerprint density at radius 2 is 1.43 bits per heavy atom. The third kappa shape index (κ3) is 10.8. The summed E-state index contributed by atoms with van der Waals surface area (Å²) in [6, 6.07) is 0. The summed E-state index contributed by atoms with van der Waals surface area (Å²) >= 11 is 0. The lowest BCUT2D eigenvalue weighted by Crippen LogP contribution is -2.23. The maximum absolute atomic E-state index is 11.5. The van der Waals surface area contributed by atoms with Crippen molar-refractivity contribution in [3.05, 3.63) is 0 Å². The van der Waals surface area contributed by atoms with Gasteiger partial charge in [-0.05, 0) is 66.1 Å². The summed E-state index contributed by atoms with van der Waals surface area (Å²) in [5.74, 6) is -0.0480. The molecule has 1 aliphatic heterocycles. The van der Waals surface area contributed by atoms with Crippen molar-refractivity contribution in [2.75, 3.05) is 19.6 Å². The third-order valence-electron chi connectivity index (χ3n) is 3.97. The highest BCUT2D eigenvalue weighted by molar-refractivity contribution is 5.69. The Morgan fingerprint density at radius 1 is 0.905 bits per heavy atom. The molecule has 0 radical (unpaired) electrons. The molecular weight excluding hydrogens is 262 g/mol. The Balaban J connectivity index is 1.81. The lowest BCUT2D eigenvalue weighted by atomic mass is 10.1. The molecule has 0 bridgehead atoms. The molecule has 1 rings (SSSR count). The average Bonchev–Trinajstić information content (AvgIpc) is 2.87. The fraction of sp³-hybridized carbons (Fsp3) is 0.944. The Labute approximate surface area is 131 Å². The van der Waals surface area contributed by atoms with E-state index in [9.17, 15) is 4.79 Å². The van der Waals surface area contributed by atoms with Crippen molar-refractivity contribution in [2.45, 2.75) is 90.6 Å².